The first kappa shape index (κ1) is 14.0. The van der Waals surface area contributed by atoms with Crippen molar-refractivity contribution in [1.29, 1.82) is 0 Å². The van der Waals surface area contributed by atoms with E-state index in [0.717, 1.165) is 0 Å². The van der Waals surface area contributed by atoms with Crippen LogP contribution >= 0.6 is 0 Å². The number of halogens is 5. The Balaban J connectivity index is 3.65. The molecule has 6 heteroatoms. The molecule has 1 aromatic rings. The summed E-state index contributed by atoms with van der Waals surface area (Å²) in [4.78, 5) is 0. The normalized spacial score (nSPS) is 11.9. The summed E-state index contributed by atoms with van der Waals surface area (Å²) in [6.07, 6.45) is 0.115. The van der Waals surface area contributed by atoms with Crippen LogP contribution in [0.15, 0.2) is 0 Å². The lowest BCUT2D eigenvalue weighted by Gasteiger charge is -2.29. The van der Waals surface area contributed by atoms with E-state index in [2.05, 4.69) is 0 Å². The van der Waals surface area contributed by atoms with Crippen LogP contribution in [0.3, 0.4) is 0 Å². The van der Waals surface area contributed by atoms with Crippen molar-refractivity contribution in [2.45, 2.75) is 32.0 Å². The van der Waals surface area contributed by atoms with Gasteiger partial charge in [-0.2, -0.15) is 0 Å². The van der Waals surface area contributed by atoms with E-state index in [1.165, 1.54) is 13.8 Å². The summed E-state index contributed by atoms with van der Waals surface area (Å²) in [7, 11) is 5.67. The van der Waals surface area contributed by atoms with Crippen molar-refractivity contribution in [1.82, 2.24) is 0 Å². The van der Waals surface area contributed by atoms with Crippen molar-refractivity contribution in [2.24, 2.45) is 0 Å². The van der Waals surface area contributed by atoms with Gasteiger partial charge < -0.3 is 0 Å². The molecule has 0 aliphatic heterocycles. The summed E-state index contributed by atoms with van der Waals surface area (Å²) in [5.41, 5.74) is -0.945. The first-order valence-electron chi connectivity index (χ1n) is 5.10. The Morgan fingerprint density at radius 2 is 1.06 bits per heavy atom. The highest BCUT2D eigenvalue weighted by atomic mass is 19.2. The standard InChI is InChI=1S/C11H10BF5/c1-3-11(12,4-2)5-6(13)8(15)10(17)9(16)7(5)14/h3-4H2,1-2H3. The molecule has 0 spiro atoms. The second-order valence-electron chi connectivity index (χ2n) is 3.81. The summed E-state index contributed by atoms with van der Waals surface area (Å²) in [5, 5.41) is -1.57. The third-order valence-corrected chi connectivity index (χ3v) is 2.97. The van der Waals surface area contributed by atoms with E-state index in [9.17, 15) is 22.0 Å². The second kappa shape index (κ2) is 4.66. The molecule has 0 atom stereocenters. The van der Waals surface area contributed by atoms with Gasteiger partial charge in [-0.05, 0) is 5.31 Å². The lowest BCUT2D eigenvalue weighted by atomic mass is 9.60. The predicted molar refractivity (Wildman–Crippen MR) is 54.2 cm³/mol. The molecule has 0 heterocycles. The Bertz CT molecular complexity index is 411. The smallest absolute Gasteiger partial charge is 0.200 e. The summed E-state index contributed by atoms with van der Waals surface area (Å²) >= 11 is 0. The molecule has 17 heavy (non-hydrogen) atoms. The Labute approximate surface area is 97.2 Å². The zero-order chi connectivity index (χ0) is 13.4. The van der Waals surface area contributed by atoms with Gasteiger partial charge in [-0.15, -0.1) is 0 Å². The fourth-order valence-corrected chi connectivity index (χ4v) is 1.65. The SMILES string of the molecule is [B]C(CC)(CC)c1c(F)c(F)c(F)c(F)c1F. The summed E-state index contributed by atoms with van der Waals surface area (Å²) in [5.74, 6) is -9.80. The number of hydrogen-bond donors (Lipinski definition) is 0. The van der Waals surface area contributed by atoms with Crippen LogP contribution in [0.1, 0.15) is 32.3 Å². The van der Waals surface area contributed by atoms with Crippen LogP contribution < -0.4 is 0 Å². The van der Waals surface area contributed by atoms with Crippen LogP contribution in [0.5, 0.6) is 0 Å². The Morgan fingerprint density at radius 3 is 1.35 bits per heavy atom. The number of hydrogen-bond acceptors (Lipinski definition) is 0. The molecule has 0 saturated heterocycles. The van der Waals surface area contributed by atoms with E-state index < -0.39 is 40.0 Å². The molecule has 0 unspecified atom stereocenters. The fourth-order valence-electron chi connectivity index (χ4n) is 1.65. The molecule has 0 fully saturated rings. The monoisotopic (exact) mass is 248 g/mol. The van der Waals surface area contributed by atoms with Crippen LogP contribution in [-0.2, 0) is 5.31 Å². The lowest BCUT2D eigenvalue weighted by molar-refractivity contribution is 0.354. The molecule has 92 valence electrons. The summed E-state index contributed by atoms with van der Waals surface area (Å²) in [6.45, 7) is 3.03. The first-order chi connectivity index (χ1) is 7.80. The highest BCUT2D eigenvalue weighted by Gasteiger charge is 2.35. The molecule has 0 N–H and O–H groups in total. The molecule has 0 amide bonds. The van der Waals surface area contributed by atoms with Crippen LogP contribution in [0.25, 0.3) is 0 Å². The molecule has 2 radical (unpaired) electrons. The van der Waals surface area contributed by atoms with Gasteiger partial charge in [0.1, 0.15) is 0 Å². The number of benzene rings is 1. The fraction of sp³-hybridized carbons (Fsp3) is 0.455. The van der Waals surface area contributed by atoms with E-state index in [-0.39, 0.29) is 12.8 Å². The van der Waals surface area contributed by atoms with Crippen LogP contribution in [0.4, 0.5) is 22.0 Å². The first-order valence-corrected chi connectivity index (χ1v) is 5.10. The van der Waals surface area contributed by atoms with Crippen molar-refractivity contribution >= 4 is 7.85 Å². The van der Waals surface area contributed by atoms with Crippen LogP contribution in [-0.4, -0.2) is 7.85 Å². The van der Waals surface area contributed by atoms with E-state index in [1.54, 1.807) is 0 Å². The molecule has 0 bridgehead atoms. The highest BCUT2D eigenvalue weighted by Crippen LogP contribution is 2.35. The number of rotatable bonds is 3. The summed E-state index contributed by atoms with van der Waals surface area (Å²) in [6, 6.07) is 0. The van der Waals surface area contributed by atoms with Crippen LogP contribution in [0, 0.1) is 29.1 Å². The van der Waals surface area contributed by atoms with Gasteiger partial charge in [0.25, 0.3) is 0 Å². The van der Waals surface area contributed by atoms with E-state index in [1.807, 2.05) is 0 Å². The van der Waals surface area contributed by atoms with Crippen molar-refractivity contribution in [3.63, 3.8) is 0 Å². The summed E-state index contributed by atoms with van der Waals surface area (Å²) < 4.78 is 65.7. The molecule has 0 saturated carbocycles. The minimum atomic E-state index is -2.17. The van der Waals surface area contributed by atoms with Gasteiger partial charge in [0, 0.05) is 5.56 Å². The minimum Gasteiger partial charge on any atom is -0.203 e. The topological polar surface area (TPSA) is 0 Å². The molecule has 1 rings (SSSR count). The molecule has 1 aromatic carbocycles. The third kappa shape index (κ3) is 2.05. The maximum absolute atomic E-state index is 13.5. The van der Waals surface area contributed by atoms with Gasteiger partial charge in [-0.25, -0.2) is 22.0 Å². The zero-order valence-corrected chi connectivity index (χ0v) is 9.38. The van der Waals surface area contributed by atoms with E-state index >= 15 is 0 Å². The second-order valence-corrected chi connectivity index (χ2v) is 3.81. The van der Waals surface area contributed by atoms with Gasteiger partial charge in [0.15, 0.2) is 23.3 Å². The van der Waals surface area contributed by atoms with Crippen LogP contribution in [0.2, 0.25) is 0 Å². The average molecular weight is 248 g/mol. The molecular formula is C11H10BF5. The minimum absolute atomic E-state index is 0.0574. The quantitative estimate of drug-likeness (QED) is 0.332. The highest BCUT2D eigenvalue weighted by molar-refractivity contribution is 6.15. The van der Waals surface area contributed by atoms with E-state index in [4.69, 9.17) is 7.85 Å². The Kier molecular flexibility index (Phi) is 3.84. The van der Waals surface area contributed by atoms with Gasteiger partial charge in [0.2, 0.25) is 5.82 Å². The van der Waals surface area contributed by atoms with Crippen molar-refractivity contribution in [3.8, 4) is 0 Å². The molecule has 0 nitrogen and oxygen atoms in total. The van der Waals surface area contributed by atoms with Gasteiger partial charge in [-0.3, -0.25) is 0 Å². The van der Waals surface area contributed by atoms with Crippen molar-refractivity contribution in [2.75, 3.05) is 0 Å². The molecule has 0 aromatic heterocycles. The predicted octanol–water partition coefficient (Wildman–Crippen LogP) is 3.57. The molecule has 0 aliphatic carbocycles. The lowest BCUT2D eigenvalue weighted by Crippen LogP contribution is -2.29. The average Bonchev–Trinajstić information content (AvgIpc) is 2.33. The molecular weight excluding hydrogens is 238 g/mol. The largest absolute Gasteiger partial charge is 0.203 e. The Hall–Kier alpha value is -1.07. The maximum atomic E-state index is 13.5. The Morgan fingerprint density at radius 1 is 0.765 bits per heavy atom. The van der Waals surface area contributed by atoms with Gasteiger partial charge in [-0.1, -0.05) is 26.7 Å². The third-order valence-electron chi connectivity index (χ3n) is 2.97. The molecule has 0 aliphatic rings. The van der Waals surface area contributed by atoms with Gasteiger partial charge in [0.05, 0.1) is 7.85 Å². The maximum Gasteiger partial charge on any atom is 0.200 e. The van der Waals surface area contributed by atoms with Gasteiger partial charge >= 0.3 is 0 Å². The van der Waals surface area contributed by atoms with E-state index in [0.29, 0.717) is 0 Å². The van der Waals surface area contributed by atoms with Crippen molar-refractivity contribution < 1.29 is 22.0 Å². The van der Waals surface area contributed by atoms with Crippen molar-refractivity contribution in [3.05, 3.63) is 34.6 Å². The zero-order valence-electron chi connectivity index (χ0n) is 9.38.